The van der Waals surface area contributed by atoms with Crippen LogP contribution in [0.5, 0.6) is 5.75 Å². The van der Waals surface area contributed by atoms with Gasteiger partial charge in [-0.15, -0.1) is 16.8 Å². The molecule has 1 heterocycles. The van der Waals surface area contributed by atoms with E-state index in [1.807, 2.05) is 28.8 Å². The van der Waals surface area contributed by atoms with Gasteiger partial charge in [0, 0.05) is 12.1 Å². The molecule has 0 bridgehead atoms. The van der Waals surface area contributed by atoms with Gasteiger partial charge in [0.1, 0.15) is 11.8 Å². The maximum Gasteiger partial charge on any atom is 0.237 e. The van der Waals surface area contributed by atoms with Gasteiger partial charge in [-0.05, 0) is 43.3 Å². The van der Waals surface area contributed by atoms with E-state index in [9.17, 15) is 10.1 Å². The van der Waals surface area contributed by atoms with Gasteiger partial charge in [0.25, 0.3) is 0 Å². The third-order valence-electron chi connectivity index (χ3n) is 4.33. The van der Waals surface area contributed by atoms with Gasteiger partial charge in [-0.25, -0.2) is 0 Å². The number of thioether (sulfide) groups is 1. The summed E-state index contributed by atoms with van der Waals surface area (Å²) in [6.07, 6.45) is 1.76. The molecule has 0 radical (unpaired) electrons. The number of allylic oxidation sites excluding steroid dienone is 1. The zero-order valence-corrected chi connectivity index (χ0v) is 17.5. The van der Waals surface area contributed by atoms with E-state index in [2.05, 4.69) is 28.2 Å². The van der Waals surface area contributed by atoms with Crippen LogP contribution in [0.4, 0.5) is 5.69 Å². The van der Waals surface area contributed by atoms with E-state index in [0.29, 0.717) is 28.8 Å². The predicted octanol–water partition coefficient (Wildman–Crippen LogP) is 4.13. The van der Waals surface area contributed by atoms with Crippen LogP contribution in [-0.4, -0.2) is 33.0 Å². The zero-order chi connectivity index (χ0) is 21.5. The summed E-state index contributed by atoms with van der Waals surface area (Å²) < 4.78 is 7.11. The zero-order valence-electron chi connectivity index (χ0n) is 16.7. The average molecular weight is 420 g/mol. The van der Waals surface area contributed by atoms with Crippen LogP contribution >= 0.6 is 11.8 Å². The fraction of sp³-hybridized carbons (Fsp3) is 0.182. The van der Waals surface area contributed by atoms with Gasteiger partial charge in [0.2, 0.25) is 5.91 Å². The Morgan fingerprint density at radius 1 is 1.30 bits per heavy atom. The predicted molar refractivity (Wildman–Crippen MR) is 117 cm³/mol. The summed E-state index contributed by atoms with van der Waals surface area (Å²) in [5.74, 6) is 1.22. The number of hydrogen-bond donors (Lipinski definition) is 1. The van der Waals surface area contributed by atoms with Gasteiger partial charge < -0.3 is 10.1 Å². The fourth-order valence-electron chi connectivity index (χ4n) is 2.76. The van der Waals surface area contributed by atoms with Gasteiger partial charge >= 0.3 is 0 Å². The summed E-state index contributed by atoms with van der Waals surface area (Å²) in [4.78, 5) is 12.7. The Morgan fingerprint density at radius 3 is 2.70 bits per heavy atom. The normalized spacial score (nSPS) is 11.4. The number of nitriles is 1. The number of carbonyl (C=O) groups excluding carboxylic acids is 1. The summed E-state index contributed by atoms with van der Waals surface area (Å²) in [5, 5.41) is 20.8. The SMILES string of the molecule is C=CCn1c(SC(C)C(=O)Nc2ccccc2C#N)nnc1-c1ccc(OC)cc1. The van der Waals surface area contributed by atoms with E-state index in [1.54, 1.807) is 44.4 Å². The van der Waals surface area contributed by atoms with Crippen LogP contribution < -0.4 is 10.1 Å². The molecule has 0 aliphatic heterocycles. The van der Waals surface area contributed by atoms with Crippen molar-refractivity contribution in [1.29, 1.82) is 5.26 Å². The molecular weight excluding hydrogens is 398 g/mol. The standard InChI is InChI=1S/C22H21N5O2S/c1-4-13-27-20(16-9-11-18(29-3)12-10-16)25-26-22(27)30-15(2)21(28)24-19-8-6-5-7-17(19)14-23/h4-12,15H,1,13H2,2-3H3,(H,24,28). The number of benzene rings is 2. The molecule has 2 aromatic carbocycles. The van der Waals surface area contributed by atoms with Crippen molar-refractivity contribution in [3.63, 3.8) is 0 Å². The first-order valence-corrected chi connectivity index (χ1v) is 10.1. The van der Waals surface area contributed by atoms with E-state index in [-0.39, 0.29) is 5.91 Å². The van der Waals surface area contributed by atoms with E-state index in [4.69, 9.17) is 4.74 Å². The maximum absolute atomic E-state index is 12.7. The Labute approximate surface area is 179 Å². The Balaban J connectivity index is 1.80. The highest BCUT2D eigenvalue weighted by Gasteiger charge is 2.21. The van der Waals surface area contributed by atoms with Crippen molar-refractivity contribution in [3.8, 4) is 23.2 Å². The molecule has 7 nitrogen and oxygen atoms in total. The fourth-order valence-corrected chi connectivity index (χ4v) is 3.62. The van der Waals surface area contributed by atoms with E-state index < -0.39 is 5.25 Å². The second kappa shape index (κ2) is 9.76. The van der Waals surface area contributed by atoms with Crippen LogP contribution in [0.25, 0.3) is 11.4 Å². The lowest BCUT2D eigenvalue weighted by atomic mass is 10.2. The number of carbonyl (C=O) groups is 1. The van der Waals surface area contributed by atoms with Crippen LogP contribution in [0.2, 0.25) is 0 Å². The van der Waals surface area contributed by atoms with Crippen LogP contribution in [0.15, 0.2) is 66.3 Å². The van der Waals surface area contributed by atoms with Gasteiger partial charge in [0.05, 0.1) is 23.6 Å². The number of hydrogen-bond acceptors (Lipinski definition) is 6. The molecule has 152 valence electrons. The highest BCUT2D eigenvalue weighted by molar-refractivity contribution is 8.00. The molecule has 1 aromatic heterocycles. The highest BCUT2D eigenvalue weighted by atomic mass is 32.2. The number of rotatable bonds is 8. The lowest BCUT2D eigenvalue weighted by Crippen LogP contribution is -2.23. The summed E-state index contributed by atoms with van der Waals surface area (Å²) in [6.45, 7) is 6.10. The maximum atomic E-state index is 12.7. The van der Waals surface area contributed by atoms with Crippen molar-refractivity contribution >= 4 is 23.4 Å². The molecule has 1 atom stereocenters. The molecule has 0 aliphatic carbocycles. The third-order valence-corrected chi connectivity index (χ3v) is 5.41. The highest BCUT2D eigenvalue weighted by Crippen LogP contribution is 2.28. The third kappa shape index (κ3) is 4.70. The Kier molecular flexibility index (Phi) is 6.88. The number of anilines is 1. The van der Waals surface area contributed by atoms with Gasteiger partial charge in [-0.1, -0.05) is 30.0 Å². The van der Waals surface area contributed by atoms with Crippen molar-refractivity contribution in [1.82, 2.24) is 14.8 Å². The smallest absolute Gasteiger partial charge is 0.237 e. The topological polar surface area (TPSA) is 92.8 Å². The molecular formula is C22H21N5O2S. The molecule has 0 aliphatic rings. The summed E-state index contributed by atoms with van der Waals surface area (Å²) in [5.41, 5.74) is 1.79. The van der Waals surface area contributed by atoms with Crippen LogP contribution in [0.1, 0.15) is 12.5 Å². The first kappa shape index (κ1) is 21.1. The molecule has 3 rings (SSSR count). The summed E-state index contributed by atoms with van der Waals surface area (Å²) in [6, 6.07) is 16.5. The first-order chi connectivity index (χ1) is 14.6. The monoisotopic (exact) mass is 419 g/mol. The van der Waals surface area contributed by atoms with Crippen LogP contribution in [-0.2, 0) is 11.3 Å². The van der Waals surface area contributed by atoms with E-state index >= 15 is 0 Å². The average Bonchev–Trinajstić information content (AvgIpc) is 3.16. The lowest BCUT2D eigenvalue weighted by molar-refractivity contribution is -0.115. The number of ether oxygens (including phenoxy) is 1. The number of aromatic nitrogens is 3. The van der Waals surface area contributed by atoms with Crippen molar-refractivity contribution in [3.05, 3.63) is 66.7 Å². The van der Waals surface area contributed by atoms with E-state index in [1.165, 1.54) is 11.8 Å². The summed E-state index contributed by atoms with van der Waals surface area (Å²) >= 11 is 1.30. The van der Waals surface area contributed by atoms with Gasteiger partial charge in [-0.3, -0.25) is 9.36 Å². The largest absolute Gasteiger partial charge is 0.497 e. The lowest BCUT2D eigenvalue weighted by Gasteiger charge is -2.13. The Morgan fingerprint density at radius 2 is 2.03 bits per heavy atom. The first-order valence-electron chi connectivity index (χ1n) is 9.22. The molecule has 0 spiro atoms. The van der Waals surface area contributed by atoms with Crippen molar-refractivity contribution in [2.24, 2.45) is 0 Å². The molecule has 0 fully saturated rings. The number of nitrogens with zero attached hydrogens (tertiary/aromatic N) is 4. The Hall–Kier alpha value is -3.57. The van der Waals surface area contributed by atoms with E-state index in [0.717, 1.165) is 11.3 Å². The molecule has 1 amide bonds. The minimum Gasteiger partial charge on any atom is -0.497 e. The second-order valence-electron chi connectivity index (χ2n) is 6.34. The molecule has 30 heavy (non-hydrogen) atoms. The number of para-hydroxylation sites is 1. The number of nitrogens with one attached hydrogen (secondary N) is 1. The van der Waals surface area contributed by atoms with Crippen molar-refractivity contribution < 1.29 is 9.53 Å². The summed E-state index contributed by atoms with van der Waals surface area (Å²) in [7, 11) is 1.62. The molecule has 0 saturated heterocycles. The minimum atomic E-state index is -0.451. The van der Waals surface area contributed by atoms with Gasteiger partial charge in [-0.2, -0.15) is 5.26 Å². The molecule has 0 saturated carbocycles. The number of methoxy groups -OCH3 is 1. The second-order valence-corrected chi connectivity index (χ2v) is 7.65. The molecule has 3 aromatic rings. The Bertz CT molecular complexity index is 1090. The molecule has 1 N–H and O–H groups in total. The van der Waals surface area contributed by atoms with Crippen LogP contribution in [0.3, 0.4) is 0 Å². The minimum absolute atomic E-state index is 0.221. The quantitative estimate of drug-likeness (QED) is 0.436. The van der Waals surface area contributed by atoms with Gasteiger partial charge in [0.15, 0.2) is 11.0 Å². The molecule has 8 heteroatoms. The molecule has 1 unspecified atom stereocenters. The van der Waals surface area contributed by atoms with Crippen molar-refractivity contribution in [2.45, 2.75) is 23.9 Å². The number of amides is 1. The van der Waals surface area contributed by atoms with Crippen molar-refractivity contribution in [2.75, 3.05) is 12.4 Å². The van der Waals surface area contributed by atoms with Crippen LogP contribution in [0, 0.1) is 11.3 Å².